The van der Waals surface area contributed by atoms with Crippen LogP contribution in [0.2, 0.25) is 0 Å². The standard InChI is InChI=1S/C11H24N2O/c1-10(2)13-6-4-11(9-13)8-12-5-3-7-14/h10-12,14H,3-9H2,1-2H3. The van der Waals surface area contributed by atoms with Crippen LogP contribution in [0.15, 0.2) is 0 Å². The largest absolute Gasteiger partial charge is 0.396 e. The van der Waals surface area contributed by atoms with E-state index in [4.69, 9.17) is 5.11 Å². The Morgan fingerprint density at radius 1 is 1.50 bits per heavy atom. The summed E-state index contributed by atoms with van der Waals surface area (Å²) in [6, 6.07) is 0.692. The van der Waals surface area contributed by atoms with Crippen molar-refractivity contribution < 1.29 is 5.11 Å². The zero-order valence-corrected chi connectivity index (χ0v) is 9.50. The van der Waals surface area contributed by atoms with E-state index >= 15 is 0 Å². The molecule has 0 radical (unpaired) electrons. The van der Waals surface area contributed by atoms with Crippen molar-refractivity contribution in [3.8, 4) is 0 Å². The number of nitrogens with one attached hydrogen (secondary N) is 1. The summed E-state index contributed by atoms with van der Waals surface area (Å²) in [5, 5.41) is 12.0. The van der Waals surface area contributed by atoms with Crippen LogP contribution in [0, 0.1) is 5.92 Å². The van der Waals surface area contributed by atoms with E-state index in [0.717, 1.165) is 25.4 Å². The van der Waals surface area contributed by atoms with Gasteiger partial charge in [-0.2, -0.15) is 0 Å². The lowest BCUT2D eigenvalue weighted by atomic mass is 10.1. The number of likely N-dealkylation sites (tertiary alicyclic amines) is 1. The number of nitrogens with zero attached hydrogens (tertiary/aromatic N) is 1. The van der Waals surface area contributed by atoms with Gasteiger partial charge in [-0.1, -0.05) is 0 Å². The van der Waals surface area contributed by atoms with Crippen molar-refractivity contribution in [2.24, 2.45) is 5.92 Å². The Morgan fingerprint density at radius 3 is 2.86 bits per heavy atom. The smallest absolute Gasteiger partial charge is 0.0443 e. The van der Waals surface area contributed by atoms with Crippen LogP contribution in [0.25, 0.3) is 0 Å². The summed E-state index contributed by atoms with van der Waals surface area (Å²) >= 11 is 0. The molecule has 14 heavy (non-hydrogen) atoms. The number of aliphatic hydroxyl groups excluding tert-OH is 1. The van der Waals surface area contributed by atoms with Crippen LogP contribution in [0.3, 0.4) is 0 Å². The normalized spacial score (nSPS) is 23.6. The predicted octanol–water partition coefficient (Wildman–Crippen LogP) is 0.689. The number of hydrogen-bond donors (Lipinski definition) is 2. The molecule has 0 aromatic heterocycles. The van der Waals surface area contributed by atoms with Crippen molar-refractivity contribution in [3.05, 3.63) is 0 Å². The van der Waals surface area contributed by atoms with E-state index in [2.05, 4.69) is 24.1 Å². The highest BCUT2D eigenvalue weighted by atomic mass is 16.3. The summed E-state index contributed by atoms with van der Waals surface area (Å²) in [5.41, 5.74) is 0. The molecule has 0 saturated carbocycles. The molecule has 0 aromatic carbocycles. The maximum atomic E-state index is 8.62. The number of aliphatic hydroxyl groups is 1. The molecule has 1 aliphatic rings. The minimum Gasteiger partial charge on any atom is -0.396 e. The fraction of sp³-hybridized carbons (Fsp3) is 1.00. The fourth-order valence-corrected chi connectivity index (χ4v) is 2.01. The second kappa shape index (κ2) is 6.38. The van der Waals surface area contributed by atoms with Gasteiger partial charge in [0.1, 0.15) is 0 Å². The lowest BCUT2D eigenvalue weighted by Gasteiger charge is -2.20. The Morgan fingerprint density at radius 2 is 2.29 bits per heavy atom. The number of rotatable bonds is 6. The predicted molar refractivity (Wildman–Crippen MR) is 59.4 cm³/mol. The fourth-order valence-electron chi connectivity index (χ4n) is 2.01. The van der Waals surface area contributed by atoms with Crippen LogP contribution in [-0.4, -0.2) is 48.8 Å². The third-order valence-corrected chi connectivity index (χ3v) is 2.99. The quantitative estimate of drug-likeness (QED) is 0.619. The maximum Gasteiger partial charge on any atom is 0.0443 e. The van der Waals surface area contributed by atoms with E-state index in [-0.39, 0.29) is 0 Å². The van der Waals surface area contributed by atoms with Crippen LogP contribution in [-0.2, 0) is 0 Å². The molecule has 1 fully saturated rings. The second-order valence-corrected chi connectivity index (χ2v) is 4.52. The van der Waals surface area contributed by atoms with E-state index in [1.54, 1.807) is 0 Å². The van der Waals surface area contributed by atoms with E-state index in [1.807, 2.05) is 0 Å². The van der Waals surface area contributed by atoms with Gasteiger partial charge in [0.2, 0.25) is 0 Å². The zero-order chi connectivity index (χ0) is 10.4. The van der Waals surface area contributed by atoms with Gasteiger partial charge < -0.3 is 15.3 Å². The van der Waals surface area contributed by atoms with Crippen molar-refractivity contribution in [2.45, 2.75) is 32.7 Å². The third kappa shape index (κ3) is 3.95. The molecule has 0 spiro atoms. The Bertz CT molecular complexity index is 150. The Hall–Kier alpha value is -0.120. The SMILES string of the molecule is CC(C)N1CCC(CNCCCO)C1. The summed E-state index contributed by atoms with van der Waals surface area (Å²) in [7, 11) is 0. The Labute approximate surface area is 87.5 Å². The van der Waals surface area contributed by atoms with Gasteiger partial charge in [-0.3, -0.25) is 0 Å². The monoisotopic (exact) mass is 200 g/mol. The van der Waals surface area contributed by atoms with Crippen molar-refractivity contribution in [2.75, 3.05) is 32.8 Å². The molecule has 0 aliphatic carbocycles. The first-order chi connectivity index (χ1) is 6.74. The highest BCUT2D eigenvalue weighted by Crippen LogP contribution is 2.17. The summed E-state index contributed by atoms with van der Waals surface area (Å²) in [6.45, 7) is 9.39. The molecule has 84 valence electrons. The van der Waals surface area contributed by atoms with Gasteiger partial charge in [0, 0.05) is 19.2 Å². The first kappa shape index (κ1) is 12.0. The van der Waals surface area contributed by atoms with E-state index < -0.39 is 0 Å². The van der Waals surface area contributed by atoms with Crippen molar-refractivity contribution >= 4 is 0 Å². The van der Waals surface area contributed by atoms with Gasteiger partial charge in [0.15, 0.2) is 0 Å². The molecule has 0 amide bonds. The molecule has 0 bridgehead atoms. The molecule has 1 rings (SSSR count). The zero-order valence-electron chi connectivity index (χ0n) is 9.50. The minimum atomic E-state index is 0.301. The van der Waals surface area contributed by atoms with Gasteiger partial charge in [-0.15, -0.1) is 0 Å². The molecule has 0 aromatic rings. The van der Waals surface area contributed by atoms with Gasteiger partial charge in [0.25, 0.3) is 0 Å². The van der Waals surface area contributed by atoms with Gasteiger partial charge in [-0.25, -0.2) is 0 Å². The lowest BCUT2D eigenvalue weighted by Crippen LogP contribution is -2.31. The summed E-state index contributed by atoms with van der Waals surface area (Å²) < 4.78 is 0. The van der Waals surface area contributed by atoms with Crippen LogP contribution < -0.4 is 5.32 Å². The second-order valence-electron chi connectivity index (χ2n) is 4.52. The average molecular weight is 200 g/mol. The summed E-state index contributed by atoms with van der Waals surface area (Å²) in [4.78, 5) is 2.54. The van der Waals surface area contributed by atoms with Crippen molar-refractivity contribution in [3.63, 3.8) is 0 Å². The highest BCUT2D eigenvalue weighted by Gasteiger charge is 2.23. The molecule has 1 aliphatic heterocycles. The van der Waals surface area contributed by atoms with Gasteiger partial charge in [0.05, 0.1) is 0 Å². The third-order valence-electron chi connectivity index (χ3n) is 2.99. The molecule has 2 N–H and O–H groups in total. The van der Waals surface area contributed by atoms with E-state index in [0.29, 0.717) is 12.6 Å². The molecule has 1 saturated heterocycles. The lowest BCUT2D eigenvalue weighted by molar-refractivity contribution is 0.262. The van der Waals surface area contributed by atoms with Gasteiger partial charge >= 0.3 is 0 Å². The Balaban J connectivity index is 2.04. The number of hydrogen-bond acceptors (Lipinski definition) is 3. The van der Waals surface area contributed by atoms with E-state index in [1.165, 1.54) is 19.5 Å². The summed E-state index contributed by atoms with van der Waals surface area (Å²) in [6.07, 6.45) is 2.20. The van der Waals surface area contributed by atoms with Crippen LogP contribution in [0.1, 0.15) is 26.7 Å². The molecule has 1 unspecified atom stereocenters. The van der Waals surface area contributed by atoms with Gasteiger partial charge in [-0.05, 0) is 52.2 Å². The molecule has 1 heterocycles. The molecular formula is C11H24N2O. The molecule has 1 atom stereocenters. The van der Waals surface area contributed by atoms with Crippen LogP contribution in [0.4, 0.5) is 0 Å². The van der Waals surface area contributed by atoms with Crippen LogP contribution >= 0.6 is 0 Å². The van der Waals surface area contributed by atoms with Crippen molar-refractivity contribution in [1.82, 2.24) is 10.2 Å². The highest BCUT2D eigenvalue weighted by molar-refractivity contribution is 4.78. The first-order valence-corrected chi connectivity index (χ1v) is 5.79. The summed E-state index contributed by atoms with van der Waals surface area (Å²) in [5.74, 6) is 0.816. The van der Waals surface area contributed by atoms with Crippen LogP contribution in [0.5, 0.6) is 0 Å². The maximum absolute atomic E-state index is 8.62. The van der Waals surface area contributed by atoms with E-state index in [9.17, 15) is 0 Å². The van der Waals surface area contributed by atoms with Crippen molar-refractivity contribution in [1.29, 1.82) is 0 Å². The molecule has 3 nitrogen and oxygen atoms in total. The topological polar surface area (TPSA) is 35.5 Å². The average Bonchev–Trinajstić information content (AvgIpc) is 2.61. The molecular weight excluding hydrogens is 176 g/mol. The minimum absolute atomic E-state index is 0.301. The molecule has 3 heteroatoms. The Kier molecular flexibility index (Phi) is 5.45. The first-order valence-electron chi connectivity index (χ1n) is 5.79.